The number of aryl methyl sites for hydroxylation is 1. The van der Waals surface area contributed by atoms with Crippen LogP contribution >= 0.6 is 24.4 Å². The molecule has 0 spiro atoms. The van der Waals surface area contributed by atoms with Crippen LogP contribution in [-0.2, 0) is 0 Å². The second-order valence-electron chi connectivity index (χ2n) is 3.15. The fraction of sp³-hybridized carbons (Fsp3) is 0.400. The van der Waals surface area contributed by atoms with Crippen LogP contribution in [0.4, 0.5) is 0 Å². The normalized spacial score (nSPS) is 22.0. The molecule has 0 radical (unpaired) electrons. The molecular weight excluding hydrogens is 184 g/mol. The lowest BCUT2D eigenvalue weighted by Gasteiger charge is -2.22. The molecule has 64 valence electrons. The molecule has 1 aromatic carbocycles. The number of hydrogen-bond donors (Lipinski definition) is 1. The Kier molecular flexibility index (Phi) is 2.37. The average molecular weight is 196 g/mol. The van der Waals surface area contributed by atoms with Crippen molar-refractivity contribution in [2.75, 3.05) is 5.75 Å². The van der Waals surface area contributed by atoms with Crippen molar-refractivity contribution >= 4 is 24.4 Å². The number of benzene rings is 1. The smallest absolute Gasteiger partial charge is 0.0286 e. The van der Waals surface area contributed by atoms with Gasteiger partial charge in [0.15, 0.2) is 0 Å². The molecule has 2 rings (SSSR count). The molecule has 2 heteroatoms. The summed E-state index contributed by atoms with van der Waals surface area (Å²) in [7, 11) is 0. The third-order valence-corrected chi connectivity index (χ3v) is 4.06. The van der Waals surface area contributed by atoms with E-state index in [9.17, 15) is 0 Å². The van der Waals surface area contributed by atoms with Crippen molar-refractivity contribution in [3.05, 3.63) is 29.3 Å². The van der Waals surface area contributed by atoms with Gasteiger partial charge in [-0.1, -0.05) is 18.2 Å². The first-order chi connectivity index (χ1) is 5.79. The van der Waals surface area contributed by atoms with Crippen LogP contribution in [0, 0.1) is 6.92 Å². The molecule has 1 heterocycles. The van der Waals surface area contributed by atoms with Crippen LogP contribution in [0.3, 0.4) is 0 Å². The highest BCUT2D eigenvalue weighted by molar-refractivity contribution is 7.99. The third kappa shape index (κ3) is 1.38. The van der Waals surface area contributed by atoms with Gasteiger partial charge in [-0.3, -0.25) is 0 Å². The molecule has 0 N–H and O–H groups in total. The molecule has 1 aromatic rings. The van der Waals surface area contributed by atoms with Gasteiger partial charge in [0, 0.05) is 10.1 Å². The predicted molar refractivity (Wildman–Crippen MR) is 58.2 cm³/mol. The quantitative estimate of drug-likeness (QED) is 0.620. The molecular formula is C10H12S2. The van der Waals surface area contributed by atoms with Crippen LogP contribution in [0.5, 0.6) is 0 Å². The first kappa shape index (κ1) is 8.52. The fourth-order valence-corrected chi connectivity index (χ4v) is 3.40. The van der Waals surface area contributed by atoms with Gasteiger partial charge in [-0.05, 0) is 30.2 Å². The average Bonchev–Trinajstić information content (AvgIpc) is 2.07. The number of thioether (sulfide) groups is 1. The van der Waals surface area contributed by atoms with Gasteiger partial charge < -0.3 is 0 Å². The minimum Gasteiger partial charge on any atom is -0.171 e. The molecule has 0 fully saturated rings. The van der Waals surface area contributed by atoms with Gasteiger partial charge in [-0.25, -0.2) is 0 Å². The van der Waals surface area contributed by atoms with Crippen molar-refractivity contribution in [1.82, 2.24) is 0 Å². The van der Waals surface area contributed by atoms with E-state index in [1.807, 2.05) is 11.8 Å². The number of hydrogen-bond acceptors (Lipinski definition) is 2. The van der Waals surface area contributed by atoms with E-state index < -0.39 is 0 Å². The van der Waals surface area contributed by atoms with E-state index in [1.165, 1.54) is 28.2 Å². The number of rotatable bonds is 0. The molecule has 0 nitrogen and oxygen atoms in total. The maximum absolute atomic E-state index is 4.57. The van der Waals surface area contributed by atoms with Gasteiger partial charge >= 0.3 is 0 Å². The molecule has 0 amide bonds. The van der Waals surface area contributed by atoms with Crippen LogP contribution in [0.1, 0.15) is 22.8 Å². The zero-order chi connectivity index (χ0) is 8.55. The second-order valence-corrected chi connectivity index (χ2v) is 4.87. The minimum absolute atomic E-state index is 0.459. The summed E-state index contributed by atoms with van der Waals surface area (Å²) in [5, 5.41) is 0.459. The maximum atomic E-state index is 4.57. The highest BCUT2D eigenvalue weighted by Crippen LogP contribution is 2.40. The molecule has 1 atom stereocenters. The summed E-state index contributed by atoms with van der Waals surface area (Å²) in [5.74, 6) is 1.21. The van der Waals surface area contributed by atoms with Crippen LogP contribution in [0.25, 0.3) is 0 Å². The van der Waals surface area contributed by atoms with Crippen LogP contribution < -0.4 is 0 Å². The summed E-state index contributed by atoms with van der Waals surface area (Å²) in [6.07, 6.45) is 1.20. The molecule has 1 unspecified atom stereocenters. The Morgan fingerprint density at radius 1 is 1.50 bits per heavy atom. The lowest BCUT2D eigenvalue weighted by Crippen LogP contribution is -2.02. The van der Waals surface area contributed by atoms with Gasteiger partial charge in [0.1, 0.15) is 0 Å². The van der Waals surface area contributed by atoms with Crippen molar-refractivity contribution in [2.24, 2.45) is 0 Å². The summed E-state index contributed by atoms with van der Waals surface area (Å²) >= 11 is 6.54. The molecule has 1 aliphatic rings. The van der Waals surface area contributed by atoms with Crippen molar-refractivity contribution in [3.63, 3.8) is 0 Å². The molecule has 0 aromatic heterocycles. The van der Waals surface area contributed by atoms with Crippen LogP contribution in [-0.4, -0.2) is 5.75 Å². The van der Waals surface area contributed by atoms with E-state index in [4.69, 9.17) is 0 Å². The molecule has 0 bridgehead atoms. The Labute approximate surface area is 83.2 Å². The lowest BCUT2D eigenvalue weighted by molar-refractivity contribution is 0.866. The molecule has 12 heavy (non-hydrogen) atoms. The Bertz CT molecular complexity index is 294. The fourth-order valence-electron chi connectivity index (χ4n) is 1.56. The summed E-state index contributed by atoms with van der Waals surface area (Å²) in [5.41, 5.74) is 2.82. The van der Waals surface area contributed by atoms with Gasteiger partial charge in [0.05, 0.1) is 0 Å². The highest BCUT2D eigenvalue weighted by atomic mass is 32.2. The van der Waals surface area contributed by atoms with Gasteiger partial charge in [-0.2, -0.15) is 12.6 Å². The summed E-state index contributed by atoms with van der Waals surface area (Å²) in [6, 6.07) is 6.51. The highest BCUT2D eigenvalue weighted by Gasteiger charge is 2.17. The molecule has 0 aliphatic carbocycles. The van der Waals surface area contributed by atoms with E-state index >= 15 is 0 Å². The predicted octanol–water partition coefficient (Wildman–Crippen LogP) is 3.46. The van der Waals surface area contributed by atoms with Crippen molar-refractivity contribution in [1.29, 1.82) is 0 Å². The van der Waals surface area contributed by atoms with Crippen LogP contribution in [0.2, 0.25) is 0 Å². The molecule has 0 saturated carbocycles. The largest absolute Gasteiger partial charge is 0.171 e. The van der Waals surface area contributed by atoms with Crippen molar-refractivity contribution < 1.29 is 0 Å². The molecule has 0 saturated heterocycles. The maximum Gasteiger partial charge on any atom is 0.0286 e. The Balaban J connectivity index is 2.52. The number of fused-ring (bicyclic) bond motifs is 1. The second kappa shape index (κ2) is 3.35. The van der Waals surface area contributed by atoms with Crippen LogP contribution in [0.15, 0.2) is 23.1 Å². The standard InChI is InChI=1S/C10H12S2/c1-7-3-2-4-8-9(11)5-6-12-10(7)8/h2-4,9,11H,5-6H2,1H3. The van der Waals surface area contributed by atoms with Gasteiger partial charge in [-0.15, -0.1) is 11.8 Å². The Hall–Kier alpha value is -0.0800. The Morgan fingerprint density at radius 3 is 3.08 bits per heavy atom. The van der Waals surface area contributed by atoms with E-state index in [0.717, 1.165) is 0 Å². The number of thiol groups is 1. The van der Waals surface area contributed by atoms with E-state index in [-0.39, 0.29) is 0 Å². The van der Waals surface area contributed by atoms with E-state index in [1.54, 1.807) is 0 Å². The van der Waals surface area contributed by atoms with E-state index in [2.05, 4.69) is 37.8 Å². The summed E-state index contributed by atoms with van der Waals surface area (Å²) in [6.45, 7) is 2.18. The third-order valence-electron chi connectivity index (χ3n) is 2.24. The first-order valence-corrected chi connectivity index (χ1v) is 5.69. The van der Waals surface area contributed by atoms with Gasteiger partial charge in [0.25, 0.3) is 0 Å². The monoisotopic (exact) mass is 196 g/mol. The van der Waals surface area contributed by atoms with Gasteiger partial charge in [0.2, 0.25) is 0 Å². The van der Waals surface area contributed by atoms with Crippen molar-refractivity contribution in [2.45, 2.75) is 23.5 Å². The topological polar surface area (TPSA) is 0 Å². The summed E-state index contributed by atoms with van der Waals surface area (Å²) < 4.78 is 0. The Morgan fingerprint density at radius 2 is 2.33 bits per heavy atom. The minimum atomic E-state index is 0.459. The SMILES string of the molecule is Cc1cccc2c1SCCC2S. The summed E-state index contributed by atoms with van der Waals surface area (Å²) in [4.78, 5) is 1.46. The zero-order valence-corrected chi connectivity index (χ0v) is 8.79. The van der Waals surface area contributed by atoms with Crippen molar-refractivity contribution in [3.8, 4) is 0 Å². The zero-order valence-electron chi connectivity index (χ0n) is 7.08. The first-order valence-electron chi connectivity index (χ1n) is 4.19. The van der Waals surface area contributed by atoms with E-state index in [0.29, 0.717) is 5.25 Å². The lowest BCUT2D eigenvalue weighted by atomic mass is 10.1. The molecule has 1 aliphatic heterocycles.